The Balaban J connectivity index is 1.72. The van der Waals surface area contributed by atoms with Crippen LogP contribution in [0.25, 0.3) is 0 Å². The third-order valence-corrected chi connectivity index (χ3v) is 3.61. The molecule has 0 amide bonds. The SMILES string of the molecule is OCCN1CCN([C@H]2CCCNC2)CC1. The van der Waals surface area contributed by atoms with Gasteiger partial charge in [-0.25, -0.2) is 0 Å². The number of piperazine rings is 1. The van der Waals surface area contributed by atoms with Crippen LogP contribution >= 0.6 is 0 Å². The molecule has 4 nitrogen and oxygen atoms in total. The smallest absolute Gasteiger partial charge is 0.0558 e. The molecular formula is C11H23N3O. The van der Waals surface area contributed by atoms with Gasteiger partial charge in [-0.1, -0.05) is 0 Å². The van der Waals surface area contributed by atoms with Crippen molar-refractivity contribution >= 4 is 0 Å². The molecule has 15 heavy (non-hydrogen) atoms. The Bertz CT molecular complexity index is 175. The lowest BCUT2D eigenvalue weighted by Gasteiger charge is -2.40. The van der Waals surface area contributed by atoms with Crippen molar-refractivity contribution in [3.8, 4) is 0 Å². The number of piperidine rings is 1. The van der Waals surface area contributed by atoms with Crippen LogP contribution in [0.2, 0.25) is 0 Å². The van der Waals surface area contributed by atoms with E-state index in [1.165, 1.54) is 39.0 Å². The quantitative estimate of drug-likeness (QED) is 0.653. The molecule has 2 rings (SSSR count). The van der Waals surface area contributed by atoms with Gasteiger partial charge in [-0.05, 0) is 19.4 Å². The van der Waals surface area contributed by atoms with Crippen LogP contribution < -0.4 is 5.32 Å². The summed E-state index contributed by atoms with van der Waals surface area (Å²) in [6.07, 6.45) is 2.68. The number of hydrogen-bond acceptors (Lipinski definition) is 4. The van der Waals surface area contributed by atoms with E-state index in [4.69, 9.17) is 5.11 Å². The minimum Gasteiger partial charge on any atom is -0.395 e. The number of nitrogens with one attached hydrogen (secondary N) is 1. The topological polar surface area (TPSA) is 38.7 Å². The Kier molecular flexibility index (Phi) is 4.38. The Morgan fingerprint density at radius 2 is 2.00 bits per heavy atom. The van der Waals surface area contributed by atoms with Gasteiger partial charge in [-0.2, -0.15) is 0 Å². The van der Waals surface area contributed by atoms with Gasteiger partial charge >= 0.3 is 0 Å². The van der Waals surface area contributed by atoms with Crippen molar-refractivity contribution in [3.05, 3.63) is 0 Å². The molecule has 0 aromatic rings. The van der Waals surface area contributed by atoms with Crippen molar-refractivity contribution < 1.29 is 5.11 Å². The maximum atomic E-state index is 8.87. The van der Waals surface area contributed by atoms with Crippen molar-refractivity contribution in [2.45, 2.75) is 18.9 Å². The molecule has 2 heterocycles. The molecule has 2 aliphatic rings. The highest BCUT2D eigenvalue weighted by Gasteiger charge is 2.24. The van der Waals surface area contributed by atoms with E-state index >= 15 is 0 Å². The zero-order valence-corrected chi connectivity index (χ0v) is 9.49. The molecule has 2 fully saturated rings. The zero-order valence-electron chi connectivity index (χ0n) is 9.49. The first kappa shape index (κ1) is 11.3. The van der Waals surface area contributed by atoms with Gasteiger partial charge in [0.05, 0.1) is 6.61 Å². The summed E-state index contributed by atoms with van der Waals surface area (Å²) in [5.74, 6) is 0. The molecule has 1 atom stereocenters. The summed E-state index contributed by atoms with van der Waals surface area (Å²) in [7, 11) is 0. The summed E-state index contributed by atoms with van der Waals surface area (Å²) in [6.45, 7) is 8.09. The Morgan fingerprint density at radius 1 is 1.20 bits per heavy atom. The van der Waals surface area contributed by atoms with E-state index < -0.39 is 0 Å². The Labute approximate surface area is 92.2 Å². The fourth-order valence-corrected chi connectivity index (χ4v) is 2.64. The maximum absolute atomic E-state index is 8.87. The van der Waals surface area contributed by atoms with Crippen LogP contribution in [-0.2, 0) is 0 Å². The third-order valence-electron chi connectivity index (χ3n) is 3.61. The summed E-state index contributed by atoms with van der Waals surface area (Å²) in [6, 6.07) is 0.759. The predicted molar refractivity (Wildman–Crippen MR) is 61.0 cm³/mol. The molecule has 0 aromatic carbocycles. The second-order valence-corrected chi connectivity index (χ2v) is 4.60. The van der Waals surface area contributed by atoms with Crippen LogP contribution in [0.1, 0.15) is 12.8 Å². The normalized spacial score (nSPS) is 30.6. The molecule has 0 unspecified atom stereocenters. The molecule has 0 aromatic heterocycles. The molecule has 2 N–H and O–H groups in total. The lowest BCUT2D eigenvalue weighted by Crippen LogP contribution is -2.54. The van der Waals surface area contributed by atoms with Crippen molar-refractivity contribution in [2.24, 2.45) is 0 Å². The monoisotopic (exact) mass is 213 g/mol. The van der Waals surface area contributed by atoms with Gasteiger partial charge in [0.1, 0.15) is 0 Å². The third kappa shape index (κ3) is 3.14. The average Bonchev–Trinajstić information content (AvgIpc) is 2.32. The molecular weight excluding hydrogens is 190 g/mol. The van der Waals surface area contributed by atoms with Gasteiger partial charge < -0.3 is 10.4 Å². The summed E-state index contributed by atoms with van der Waals surface area (Å²) in [5, 5.41) is 12.3. The van der Waals surface area contributed by atoms with Crippen LogP contribution in [0.4, 0.5) is 0 Å². The second-order valence-electron chi connectivity index (χ2n) is 4.60. The molecule has 0 bridgehead atoms. The minimum absolute atomic E-state index is 0.297. The average molecular weight is 213 g/mol. The highest BCUT2D eigenvalue weighted by Crippen LogP contribution is 2.12. The highest BCUT2D eigenvalue weighted by atomic mass is 16.3. The first-order valence-corrected chi connectivity index (χ1v) is 6.18. The van der Waals surface area contributed by atoms with Crippen LogP contribution in [0.3, 0.4) is 0 Å². The Morgan fingerprint density at radius 3 is 2.60 bits per heavy atom. The van der Waals surface area contributed by atoms with Crippen LogP contribution in [0.5, 0.6) is 0 Å². The van der Waals surface area contributed by atoms with Gasteiger partial charge in [-0.15, -0.1) is 0 Å². The summed E-state index contributed by atoms with van der Waals surface area (Å²) >= 11 is 0. The van der Waals surface area contributed by atoms with Gasteiger partial charge in [0.25, 0.3) is 0 Å². The molecule has 0 spiro atoms. The number of rotatable bonds is 3. The largest absolute Gasteiger partial charge is 0.395 e. The van der Waals surface area contributed by atoms with E-state index in [1.807, 2.05) is 0 Å². The molecule has 0 aliphatic carbocycles. The van der Waals surface area contributed by atoms with E-state index in [0.29, 0.717) is 6.61 Å². The predicted octanol–water partition coefficient (Wildman–Crippen LogP) is -0.652. The molecule has 0 radical (unpaired) electrons. The van der Waals surface area contributed by atoms with Crippen molar-refractivity contribution in [1.29, 1.82) is 0 Å². The van der Waals surface area contributed by atoms with Crippen LogP contribution in [-0.4, -0.2) is 73.4 Å². The first-order valence-electron chi connectivity index (χ1n) is 6.18. The van der Waals surface area contributed by atoms with Gasteiger partial charge in [0.15, 0.2) is 0 Å². The highest BCUT2D eigenvalue weighted by molar-refractivity contribution is 4.82. The number of aliphatic hydroxyl groups is 1. The van der Waals surface area contributed by atoms with Crippen LogP contribution in [0, 0.1) is 0 Å². The summed E-state index contributed by atoms with van der Waals surface area (Å²) in [4.78, 5) is 4.97. The fraction of sp³-hybridized carbons (Fsp3) is 1.00. The van der Waals surface area contributed by atoms with Gasteiger partial charge in [0, 0.05) is 45.3 Å². The van der Waals surface area contributed by atoms with E-state index in [-0.39, 0.29) is 0 Å². The number of nitrogens with zero attached hydrogens (tertiary/aromatic N) is 2. The number of β-amino-alcohol motifs (C(OH)–C–C–N with tert-alkyl or cyclic N) is 1. The lowest BCUT2D eigenvalue weighted by molar-refractivity contribution is 0.0743. The minimum atomic E-state index is 0.297. The van der Waals surface area contributed by atoms with Gasteiger partial charge in [-0.3, -0.25) is 9.80 Å². The molecule has 2 aliphatic heterocycles. The molecule has 0 saturated carbocycles. The second kappa shape index (κ2) is 5.80. The van der Waals surface area contributed by atoms with Crippen molar-refractivity contribution in [2.75, 3.05) is 52.4 Å². The number of aliphatic hydroxyl groups excluding tert-OH is 1. The fourth-order valence-electron chi connectivity index (χ4n) is 2.64. The summed E-state index contributed by atoms with van der Waals surface area (Å²) in [5.41, 5.74) is 0. The molecule has 2 saturated heterocycles. The van der Waals surface area contributed by atoms with E-state index in [1.54, 1.807) is 0 Å². The van der Waals surface area contributed by atoms with Crippen molar-refractivity contribution in [1.82, 2.24) is 15.1 Å². The Hall–Kier alpha value is -0.160. The standard InChI is InChI=1S/C11H23N3O/c15-9-8-13-4-6-14(7-5-13)11-2-1-3-12-10-11/h11-12,15H,1-10H2/t11-/m0/s1. The number of hydrogen-bond donors (Lipinski definition) is 2. The lowest BCUT2D eigenvalue weighted by atomic mass is 10.1. The van der Waals surface area contributed by atoms with E-state index in [0.717, 1.165) is 25.7 Å². The van der Waals surface area contributed by atoms with Crippen LogP contribution in [0.15, 0.2) is 0 Å². The first-order chi connectivity index (χ1) is 7.40. The summed E-state index contributed by atoms with van der Waals surface area (Å²) < 4.78 is 0. The molecule has 4 heteroatoms. The zero-order chi connectivity index (χ0) is 10.5. The van der Waals surface area contributed by atoms with Crippen molar-refractivity contribution in [3.63, 3.8) is 0 Å². The van der Waals surface area contributed by atoms with E-state index in [9.17, 15) is 0 Å². The van der Waals surface area contributed by atoms with E-state index in [2.05, 4.69) is 15.1 Å². The maximum Gasteiger partial charge on any atom is 0.0558 e. The van der Waals surface area contributed by atoms with Gasteiger partial charge in [0.2, 0.25) is 0 Å². The molecule has 88 valence electrons.